The Morgan fingerprint density at radius 3 is 2.38 bits per heavy atom. The molecule has 1 aromatic rings. The smallest absolute Gasteiger partial charge is 0.254 e. The van der Waals surface area contributed by atoms with Gasteiger partial charge in [0.1, 0.15) is 18.7 Å². The van der Waals surface area contributed by atoms with Crippen LogP contribution in [0.25, 0.3) is 0 Å². The van der Waals surface area contributed by atoms with Crippen LogP contribution in [0, 0.1) is 62.6 Å². The Hall–Kier alpha value is -2.88. The van der Waals surface area contributed by atoms with E-state index < -0.39 is 10.8 Å². The normalized spacial score (nSPS) is 41.4. The Labute approximate surface area is 238 Å². The SMILES string of the molecule is CC.C[C@H]1C(=O)C(C#N)=C[C@]2(C)C3=CC(=O)C4C5CC(C)(C)CC[C@]5(C(=O)n5cncn5)CCC4[C@]3(C)CCC12. The van der Waals surface area contributed by atoms with Crippen LogP contribution in [-0.2, 0) is 9.59 Å². The molecule has 4 unspecified atom stereocenters. The maximum atomic E-state index is 14.3. The minimum Gasteiger partial charge on any atom is -0.295 e. The average molecular weight is 545 g/mol. The average Bonchev–Trinajstić information content (AvgIpc) is 3.47. The maximum absolute atomic E-state index is 14.3. The number of carbonyl (C=O) groups excluding carboxylic acids is 3. The van der Waals surface area contributed by atoms with Crippen molar-refractivity contribution in [3.05, 3.63) is 36.0 Å². The number of hydrogen-bond donors (Lipinski definition) is 0. The van der Waals surface area contributed by atoms with Gasteiger partial charge < -0.3 is 0 Å². The van der Waals surface area contributed by atoms with Gasteiger partial charge in [0, 0.05) is 17.3 Å². The number of hydrogen-bond acceptors (Lipinski definition) is 6. The Kier molecular flexibility index (Phi) is 6.87. The molecule has 0 aliphatic heterocycles. The number of carbonyl (C=O) groups is 3. The summed E-state index contributed by atoms with van der Waals surface area (Å²) in [4.78, 5) is 45.2. The lowest BCUT2D eigenvalue weighted by molar-refractivity contribution is -0.142. The topological polar surface area (TPSA) is 106 Å². The summed E-state index contributed by atoms with van der Waals surface area (Å²) in [6.45, 7) is 14.9. The molecule has 0 bridgehead atoms. The molecule has 0 saturated heterocycles. The molecule has 7 nitrogen and oxygen atoms in total. The molecule has 0 spiro atoms. The van der Waals surface area contributed by atoms with Crippen molar-refractivity contribution in [2.24, 2.45) is 51.2 Å². The van der Waals surface area contributed by atoms with Crippen LogP contribution in [0.4, 0.5) is 0 Å². The number of ketones is 2. The van der Waals surface area contributed by atoms with Crippen LogP contribution < -0.4 is 0 Å². The van der Waals surface area contributed by atoms with E-state index in [1.165, 1.54) is 17.3 Å². The van der Waals surface area contributed by atoms with E-state index in [1.807, 2.05) is 32.9 Å². The summed E-state index contributed by atoms with van der Waals surface area (Å²) in [6, 6.07) is 2.14. The minimum atomic E-state index is -0.609. The van der Waals surface area contributed by atoms with Crippen molar-refractivity contribution in [2.45, 2.75) is 93.4 Å². The van der Waals surface area contributed by atoms with Gasteiger partial charge in [0.15, 0.2) is 11.6 Å². The molecule has 0 aromatic carbocycles. The highest BCUT2D eigenvalue weighted by molar-refractivity contribution is 6.02. The second-order valence-corrected chi connectivity index (χ2v) is 14.1. The molecule has 7 heteroatoms. The van der Waals surface area contributed by atoms with Gasteiger partial charge >= 0.3 is 0 Å². The maximum Gasteiger partial charge on any atom is 0.254 e. The van der Waals surface area contributed by atoms with Gasteiger partial charge in [-0.05, 0) is 79.6 Å². The number of Topliss-reactive ketones (excluding diaryl/α,β-unsaturated/α-hetero) is 1. The molecule has 214 valence electrons. The van der Waals surface area contributed by atoms with Gasteiger partial charge in [0.05, 0.1) is 11.0 Å². The predicted molar refractivity (Wildman–Crippen MR) is 152 cm³/mol. The first-order valence-electron chi connectivity index (χ1n) is 15.2. The van der Waals surface area contributed by atoms with E-state index in [2.05, 4.69) is 43.8 Å². The van der Waals surface area contributed by atoms with E-state index in [4.69, 9.17) is 0 Å². The van der Waals surface area contributed by atoms with Gasteiger partial charge in [-0.15, -0.1) is 0 Å². The van der Waals surface area contributed by atoms with Crippen molar-refractivity contribution in [1.82, 2.24) is 14.8 Å². The van der Waals surface area contributed by atoms with Crippen molar-refractivity contribution >= 4 is 17.5 Å². The molecule has 0 amide bonds. The van der Waals surface area contributed by atoms with Crippen LogP contribution in [0.1, 0.15) is 98.2 Å². The summed E-state index contributed by atoms with van der Waals surface area (Å²) in [5, 5.41) is 13.9. The fraction of sp³-hybridized carbons (Fsp3) is 0.697. The molecule has 8 atom stereocenters. The first kappa shape index (κ1) is 28.6. The Morgan fingerprint density at radius 2 is 1.73 bits per heavy atom. The first-order chi connectivity index (χ1) is 18.9. The third-order valence-corrected chi connectivity index (χ3v) is 11.8. The highest BCUT2D eigenvalue weighted by Crippen LogP contribution is 2.69. The highest BCUT2D eigenvalue weighted by atomic mass is 16.2. The third kappa shape index (κ3) is 3.84. The van der Waals surface area contributed by atoms with Crippen molar-refractivity contribution in [3.63, 3.8) is 0 Å². The molecular formula is C33H44N4O3. The zero-order valence-corrected chi connectivity index (χ0v) is 25.2. The van der Waals surface area contributed by atoms with E-state index >= 15 is 0 Å². The molecule has 5 aliphatic carbocycles. The quantitative estimate of drug-likeness (QED) is 0.406. The second kappa shape index (κ2) is 9.60. The van der Waals surface area contributed by atoms with E-state index in [0.29, 0.717) is 0 Å². The zero-order chi connectivity index (χ0) is 29.3. The molecule has 3 fully saturated rings. The van der Waals surface area contributed by atoms with Gasteiger partial charge in [-0.2, -0.15) is 15.0 Å². The molecule has 40 heavy (non-hydrogen) atoms. The van der Waals surface area contributed by atoms with Crippen molar-refractivity contribution in [2.75, 3.05) is 0 Å². The standard InChI is InChI=1S/C31H38N4O3.C2H6/c1-18-20-6-8-29(4)21-7-9-31(27(38)35-17-33-16-34-35)11-10-28(2,3)14-22(31)25(21)23(36)12-24(29)30(20,5)13-19(15-32)26(18)37;1-2/h12-13,16-18,20-22,25H,6-11,14H2,1-5H3;1-2H3/t18-,20?,21?,22?,25?,29+,30+,31-;/m1./s1. The van der Waals surface area contributed by atoms with Crippen LogP contribution in [0.15, 0.2) is 36.0 Å². The summed E-state index contributed by atoms with van der Waals surface area (Å²) >= 11 is 0. The minimum absolute atomic E-state index is 0.0152. The molecule has 1 heterocycles. The number of allylic oxidation sites excluding steroid dienone is 4. The summed E-state index contributed by atoms with van der Waals surface area (Å²) in [5.74, 6) is -0.249. The van der Waals surface area contributed by atoms with E-state index in [9.17, 15) is 19.6 Å². The van der Waals surface area contributed by atoms with Crippen molar-refractivity contribution in [1.29, 1.82) is 5.26 Å². The van der Waals surface area contributed by atoms with Gasteiger partial charge in [-0.3, -0.25) is 14.4 Å². The lowest BCUT2D eigenvalue weighted by Gasteiger charge is -2.64. The Bertz CT molecular complexity index is 1330. The third-order valence-electron chi connectivity index (χ3n) is 11.8. The summed E-state index contributed by atoms with van der Waals surface area (Å²) in [5.41, 5.74) is 0.0593. The molecule has 1 aromatic heterocycles. The molecular weight excluding hydrogens is 500 g/mol. The van der Waals surface area contributed by atoms with Gasteiger partial charge in [0.2, 0.25) is 0 Å². The van der Waals surface area contributed by atoms with Crippen molar-refractivity contribution in [3.8, 4) is 6.07 Å². The van der Waals surface area contributed by atoms with Crippen molar-refractivity contribution < 1.29 is 14.4 Å². The van der Waals surface area contributed by atoms with E-state index in [0.717, 1.165) is 50.5 Å². The second-order valence-electron chi connectivity index (χ2n) is 14.1. The fourth-order valence-electron chi connectivity index (χ4n) is 9.81. The summed E-state index contributed by atoms with van der Waals surface area (Å²) in [7, 11) is 0. The lowest BCUT2D eigenvalue weighted by Crippen LogP contribution is -2.61. The predicted octanol–water partition coefficient (Wildman–Crippen LogP) is 6.38. The van der Waals surface area contributed by atoms with Crippen LogP contribution >= 0.6 is 0 Å². The van der Waals surface area contributed by atoms with Gasteiger partial charge in [0.25, 0.3) is 5.91 Å². The van der Waals surface area contributed by atoms with Gasteiger partial charge in [-0.25, -0.2) is 4.98 Å². The first-order valence-corrected chi connectivity index (χ1v) is 15.2. The van der Waals surface area contributed by atoms with Crippen LogP contribution in [0.5, 0.6) is 0 Å². The summed E-state index contributed by atoms with van der Waals surface area (Å²) < 4.78 is 1.39. The largest absolute Gasteiger partial charge is 0.295 e. The molecule has 0 N–H and O–H groups in total. The number of nitriles is 1. The molecule has 5 aliphatic rings. The molecule has 3 saturated carbocycles. The Balaban J connectivity index is 0.00000158. The number of rotatable bonds is 1. The van der Waals surface area contributed by atoms with Crippen LogP contribution in [0.2, 0.25) is 0 Å². The molecule has 6 rings (SSSR count). The van der Waals surface area contributed by atoms with Gasteiger partial charge in [-0.1, -0.05) is 60.1 Å². The van der Waals surface area contributed by atoms with E-state index in [-0.39, 0.29) is 63.5 Å². The number of aromatic nitrogens is 3. The monoisotopic (exact) mass is 544 g/mol. The van der Waals surface area contributed by atoms with E-state index in [1.54, 1.807) is 0 Å². The number of fused-ring (bicyclic) bond motifs is 7. The summed E-state index contributed by atoms with van der Waals surface area (Å²) in [6.07, 6.45) is 12.6. The van der Waals surface area contributed by atoms with Crippen LogP contribution in [-0.4, -0.2) is 32.2 Å². The fourth-order valence-corrected chi connectivity index (χ4v) is 9.81. The molecule has 0 radical (unpaired) electrons. The lowest BCUT2D eigenvalue weighted by atomic mass is 9.39. The zero-order valence-electron chi connectivity index (χ0n) is 25.2. The van der Waals surface area contributed by atoms with Crippen LogP contribution in [0.3, 0.4) is 0 Å². The highest BCUT2D eigenvalue weighted by Gasteiger charge is 2.66. The number of nitrogens with zero attached hydrogens (tertiary/aromatic N) is 4. The Morgan fingerprint density at radius 1 is 1.02 bits per heavy atom.